The van der Waals surface area contributed by atoms with Crippen molar-refractivity contribution in [1.29, 1.82) is 0 Å². The quantitative estimate of drug-likeness (QED) is 0.764. The average molecular weight is 351 g/mol. The SMILES string of the molecule is COc1nc(N2CCC(OCCCl)CC2)ncc1Br. The van der Waals surface area contributed by atoms with Crippen LogP contribution in [-0.4, -0.2) is 48.8 Å². The van der Waals surface area contributed by atoms with Crippen molar-refractivity contribution in [2.45, 2.75) is 18.9 Å². The van der Waals surface area contributed by atoms with Crippen LogP contribution in [0.5, 0.6) is 5.88 Å². The number of hydrogen-bond donors (Lipinski definition) is 0. The molecule has 0 bridgehead atoms. The molecule has 1 aromatic rings. The summed E-state index contributed by atoms with van der Waals surface area (Å²) in [5.74, 6) is 1.81. The molecule has 5 nitrogen and oxygen atoms in total. The van der Waals surface area contributed by atoms with Crippen LogP contribution in [0.2, 0.25) is 0 Å². The summed E-state index contributed by atoms with van der Waals surface area (Å²) in [6.45, 7) is 2.39. The first kappa shape index (κ1) is 14.8. The maximum atomic E-state index is 5.65. The van der Waals surface area contributed by atoms with E-state index in [4.69, 9.17) is 21.1 Å². The summed E-state index contributed by atoms with van der Waals surface area (Å²) >= 11 is 8.97. The van der Waals surface area contributed by atoms with Gasteiger partial charge in [0.1, 0.15) is 0 Å². The number of piperidine rings is 1. The monoisotopic (exact) mass is 349 g/mol. The standard InChI is InChI=1S/C12H17BrClN3O2/c1-18-11-10(13)8-15-12(16-11)17-5-2-9(3-6-17)19-7-4-14/h8-9H,2-7H2,1H3. The molecule has 0 saturated carbocycles. The van der Waals surface area contributed by atoms with E-state index in [-0.39, 0.29) is 0 Å². The lowest BCUT2D eigenvalue weighted by atomic mass is 10.1. The highest BCUT2D eigenvalue weighted by Gasteiger charge is 2.22. The van der Waals surface area contributed by atoms with Gasteiger partial charge in [0.25, 0.3) is 0 Å². The van der Waals surface area contributed by atoms with Crippen molar-refractivity contribution in [3.63, 3.8) is 0 Å². The highest BCUT2D eigenvalue weighted by Crippen LogP contribution is 2.25. The number of halogens is 2. The zero-order chi connectivity index (χ0) is 13.7. The second kappa shape index (κ2) is 7.26. The molecular weight excluding hydrogens is 334 g/mol. The molecule has 0 aromatic carbocycles. The Morgan fingerprint density at radius 1 is 1.47 bits per heavy atom. The molecule has 1 aliphatic rings. The van der Waals surface area contributed by atoms with Crippen LogP contribution in [0.15, 0.2) is 10.7 Å². The molecule has 0 unspecified atom stereocenters. The Balaban J connectivity index is 1.94. The first-order chi connectivity index (χ1) is 9.24. The lowest BCUT2D eigenvalue weighted by Gasteiger charge is -2.31. The zero-order valence-electron chi connectivity index (χ0n) is 10.8. The lowest BCUT2D eigenvalue weighted by molar-refractivity contribution is 0.0470. The minimum atomic E-state index is 0.298. The number of nitrogens with zero attached hydrogens (tertiary/aromatic N) is 3. The third-order valence-corrected chi connectivity index (χ3v) is 3.75. The molecule has 2 heterocycles. The molecule has 1 aliphatic heterocycles. The molecule has 0 radical (unpaired) electrons. The molecular formula is C12H17BrClN3O2. The van der Waals surface area contributed by atoms with Crippen LogP contribution < -0.4 is 9.64 Å². The number of aromatic nitrogens is 2. The molecule has 7 heteroatoms. The maximum absolute atomic E-state index is 5.65. The Morgan fingerprint density at radius 3 is 2.84 bits per heavy atom. The number of alkyl halides is 1. The van der Waals surface area contributed by atoms with Gasteiger partial charge in [-0.2, -0.15) is 4.98 Å². The first-order valence-electron chi connectivity index (χ1n) is 6.23. The maximum Gasteiger partial charge on any atom is 0.232 e. The molecule has 0 aliphatic carbocycles. The van der Waals surface area contributed by atoms with E-state index in [0.717, 1.165) is 30.4 Å². The fourth-order valence-electron chi connectivity index (χ4n) is 2.07. The van der Waals surface area contributed by atoms with Crippen molar-refractivity contribution < 1.29 is 9.47 Å². The van der Waals surface area contributed by atoms with Gasteiger partial charge in [-0.05, 0) is 28.8 Å². The van der Waals surface area contributed by atoms with Crippen LogP contribution in [-0.2, 0) is 4.74 Å². The van der Waals surface area contributed by atoms with Crippen LogP contribution >= 0.6 is 27.5 Å². The van der Waals surface area contributed by atoms with Gasteiger partial charge in [0.2, 0.25) is 11.8 Å². The average Bonchev–Trinajstić information content (AvgIpc) is 2.46. The summed E-state index contributed by atoms with van der Waals surface area (Å²) in [7, 11) is 1.60. The predicted octanol–water partition coefficient (Wildman–Crippen LogP) is 2.47. The lowest BCUT2D eigenvalue weighted by Crippen LogP contribution is -2.38. The summed E-state index contributed by atoms with van der Waals surface area (Å²) in [6, 6.07) is 0. The van der Waals surface area contributed by atoms with Gasteiger partial charge in [-0.1, -0.05) is 0 Å². The third kappa shape index (κ3) is 3.94. The smallest absolute Gasteiger partial charge is 0.232 e. The van der Waals surface area contributed by atoms with Crippen LogP contribution in [0.4, 0.5) is 5.95 Å². The van der Waals surface area contributed by atoms with Gasteiger partial charge in [0.05, 0.1) is 30.5 Å². The van der Waals surface area contributed by atoms with Crippen molar-refractivity contribution in [2.24, 2.45) is 0 Å². The van der Waals surface area contributed by atoms with Crippen molar-refractivity contribution in [3.05, 3.63) is 10.7 Å². The summed E-state index contributed by atoms with van der Waals surface area (Å²) < 4.78 is 11.6. The number of anilines is 1. The van der Waals surface area contributed by atoms with E-state index in [1.54, 1.807) is 13.3 Å². The Morgan fingerprint density at radius 2 is 2.21 bits per heavy atom. The molecule has 0 N–H and O–H groups in total. The summed E-state index contributed by atoms with van der Waals surface area (Å²) in [4.78, 5) is 10.9. The Labute approximate surface area is 126 Å². The van der Waals surface area contributed by atoms with Gasteiger partial charge in [-0.25, -0.2) is 4.98 Å². The second-order valence-corrected chi connectivity index (χ2v) is 5.51. The minimum absolute atomic E-state index is 0.298. The van der Waals surface area contributed by atoms with Crippen LogP contribution in [0.3, 0.4) is 0 Å². The fourth-order valence-corrected chi connectivity index (χ4v) is 2.51. The van der Waals surface area contributed by atoms with E-state index in [1.165, 1.54) is 0 Å². The van der Waals surface area contributed by atoms with Gasteiger partial charge in [-0.15, -0.1) is 11.6 Å². The number of rotatable bonds is 5. The molecule has 2 rings (SSSR count). The highest BCUT2D eigenvalue weighted by molar-refractivity contribution is 9.10. The molecule has 0 amide bonds. The van der Waals surface area contributed by atoms with Crippen molar-refractivity contribution in [2.75, 3.05) is 37.6 Å². The number of hydrogen-bond acceptors (Lipinski definition) is 5. The zero-order valence-corrected chi connectivity index (χ0v) is 13.2. The fraction of sp³-hybridized carbons (Fsp3) is 0.667. The molecule has 0 atom stereocenters. The van der Waals surface area contributed by atoms with Crippen molar-refractivity contribution in [1.82, 2.24) is 9.97 Å². The van der Waals surface area contributed by atoms with Crippen molar-refractivity contribution >= 4 is 33.5 Å². The van der Waals surface area contributed by atoms with E-state index in [9.17, 15) is 0 Å². The summed E-state index contributed by atoms with van der Waals surface area (Å²) in [6.07, 6.45) is 3.96. The van der Waals surface area contributed by atoms with Crippen LogP contribution in [0.1, 0.15) is 12.8 Å². The highest BCUT2D eigenvalue weighted by atomic mass is 79.9. The first-order valence-corrected chi connectivity index (χ1v) is 7.56. The van der Waals surface area contributed by atoms with Gasteiger partial charge in [0.15, 0.2) is 0 Å². The van der Waals surface area contributed by atoms with Crippen LogP contribution in [0, 0.1) is 0 Å². The van der Waals surface area contributed by atoms with E-state index in [1.807, 2.05) is 0 Å². The normalized spacial score (nSPS) is 16.7. The van der Waals surface area contributed by atoms with Crippen molar-refractivity contribution in [3.8, 4) is 5.88 Å². The number of methoxy groups -OCH3 is 1. The second-order valence-electron chi connectivity index (χ2n) is 4.27. The largest absolute Gasteiger partial charge is 0.480 e. The Kier molecular flexibility index (Phi) is 5.66. The van der Waals surface area contributed by atoms with Gasteiger partial charge < -0.3 is 14.4 Å². The molecule has 0 spiro atoms. The van der Waals surface area contributed by atoms with E-state index < -0.39 is 0 Å². The molecule has 1 fully saturated rings. The van der Waals surface area contributed by atoms with E-state index in [2.05, 4.69) is 30.8 Å². The summed E-state index contributed by atoms with van der Waals surface area (Å²) in [5.41, 5.74) is 0. The number of ether oxygens (including phenoxy) is 2. The van der Waals surface area contributed by atoms with Gasteiger partial charge >= 0.3 is 0 Å². The molecule has 1 aromatic heterocycles. The predicted molar refractivity (Wildman–Crippen MR) is 78.2 cm³/mol. The van der Waals surface area contributed by atoms with Crippen LogP contribution in [0.25, 0.3) is 0 Å². The molecule has 106 valence electrons. The minimum Gasteiger partial charge on any atom is -0.480 e. The Hall–Kier alpha value is -0.590. The third-order valence-electron chi connectivity index (χ3n) is 3.05. The Bertz CT molecular complexity index is 414. The van der Waals surface area contributed by atoms with Gasteiger partial charge in [0, 0.05) is 19.0 Å². The molecule has 1 saturated heterocycles. The van der Waals surface area contributed by atoms with E-state index in [0.29, 0.717) is 30.4 Å². The van der Waals surface area contributed by atoms with Gasteiger partial charge in [-0.3, -0.25) is 0 Å². The molecule has 19 heavy (non-hydrogen) atoms. The topological polar surface area (TPSA) is 47.5 Å². The summed E-state index contributed by atoms with van der Waals surface area (Å²) in [5, 5.41) is 0. The van der Waals surface area contributed by atoms with E-state index >= 15 is 0 Å².